The number of hydrogen-bond donors (Lipinski definition) is 2. The first kappa shape index (κ1) is 19.3. The lowest BCUT2D eigenvalue weighted by molar-refractivity contribution is -0.0580. The molecule has 0 aliphatic carbocycles. The first-order valence-electron chi connectivity index (χ1n) is 7.75. The van der Waals surface area contributed by atoms with Crippen molar-refractivity contribution in [2.75, 3.05) is 13.2 Å². The van der Waals surface area contributed by atoms with E-state index in [2.05, 4.69) is 33.9 Å². The van der Waals surface area contributed by atoms with Gasteiger partial charge in [-0.3, -0.25) is 0 Å². The van der Waals surface area contributed by atoms with Crippen molar-refractivity contribution in [2.24, 2.45) is 0 Å². The maximum atomic E-state index is 10.0. The average Bonchev–Trinajstić information content (AvgIpc) is 2.44. The fraction of sp³-hybridized carbons (Fsp3) is 0.647. The molecule has 0 aliphatic rings. The van der Waals surface area contributed by atoms with Crippen LogP contribution < -0.4 is 0 Å². The molecule has 0 heterocycles. The number of hydrogen-bond acceptors (Lipinski definition) is 4. The summed E-state index contributed by atoms with van der Waals surface area (Å²) in [5, 5.41) is 20.1. The van der Waals surface area contributed by atoms with Gasteiger partial charge in [-0.05, 0) is 23.7 Å². The molecule has 0 bridgehead atoms. The lowest BCUT2D eigenvalue weighted by Gasteiger charge is -2.37. The number of benzene rings is 1. The highest BCUT2D eigenvalue weighted by atomic mass is 28.4. The first-order chi connectivity index (χ1) is 10.1. The van der Waals surface area contributed by atoms with Crippen LogP contribution in [0.5, 0.6) is 0 Å². The molecule has 0 saturated heterocycles. The molecule has 2 atom stereocenters. The molecule has 1 rings (SSSR count). The van der Waals surface area contributed by atoms with Crippen molar-refractivity contribution >= 4 is 8.32 Å². The molecule has 1 aromatic carbocycles. The summed E-state index contributed by atoms with van der Waals surface area (Å²) in [4.78, 5) is 0. The van der Waals surface area contributed by atoms with Gasteiger partial charge in [-0.25, -0.2) is 0 Å². The third-order valence-electron chi connectivity index (χ3n) is 4.27. The topological polar surface area (TPSA) is 58.9 Å². The third-order valence-corrected chi connectivity index (χ3v) is 8.77. The van der Waals surface area contributed by atoms with Gasteiger partial charge in [-0.15, -0.1) is 0 Å². The third kappa shape index (κ3) is 6.18. The van der Waals surface area contributed by atoms with E-state index in [1.807, 2.05) is 30.3 Å². The molecule has 0 spiro atoms. The summed E-state index contributed by atoms with van der Waals surface area (Å²) in [5.41, 5.74) is 1.04. The van der Waals surface area contributed by atoms with Crippen LogP contribution in [-0.2, 0) is 15.8 Å². The van der Waals surface area contributed by atoms with Crippen molar-refractivity contribution in [3.05, 3.63) is 35.9 Å². The van der Waals surface area contributed by atoms with Gasteiger partial charge in [0.2, 0.25) is 0 Å². The van der Waals surface area contributed by atoms with E-state index in [1.165, 1.54) is 0 Å². The van der Waals surface area contributed by atoms with Gasteiger partial charge >= 0.3 is 0 Å². The summed E-state index contributed by atoms with van der Waals surface area (Å²) in [6, 6.07) is 9.75. The zero-order chi connectivity index (χ0) is 16.8. The molecule has 0 fully saturated rings. The summed E-state index contributed by atoms with van der Waals surface area (Å²) in [7, 11) is -1.91. The van der Waals surface area contributed by atoms with Crippen molar-refractivity contribution in [1.82, 2.24) is 0 Å². The largest absolute Gasteiger partial charge is 0.414 e. The molecule has 0 unspecified atom stereocenters. The Bertz CT molecular complexity index is 428. The van der Waals surface area contributed by atoms with Crippen LogP contribution in [0.2, 0.25) is 18.1 Å². The molecule has 1 aromatic rings. The Labute approximate surface area is 135 Å². The minimum absolute atomic E-state index is 0.0848. The summed E-state index contributed by atoms with van der Waals surface area (Å²) in [5.74, 6) is 0. The molecule has 0 aliphatic heterocycles. The minimum atomic E-state index is -1.91. The number of rotatable bonds is 8. The molecule has 22 heavy (non-hydrogen) atoms. The van der Waals surface area contributed by atoms with Crippen molar-refractivity contribution in [3.63, 3.8) is 0 Å². The molecule has 2 N–H and O–H groups in total. The minimum Gasteiger partial charge on any atom is -0.414 e. The lowest BCUT2D eigenvalue weighted by atomic mass is 10.2. The van der Waals surface area contributed by atoms with E-state index in [0.717, 1.165) is 5.56 Å². The van der Waals surface area contributed by atoms with Crippen molar-refractivity contribution in [1.29, 1.82) is 0 Å². The maximum Gasteiger partial charge on any atom is 0.192 e. The van der Waals surface area contributed by atoms with Crippen LogP contribution in [0.25, 0.3) is 0 Å². The van der Waals surface area contributed by atoms with E-state index in [0.29, 0.717) is 6.61 Å². The predicted octanol–water partition coefficient (Wildman–Crippen LogP) is 2.95. The summed E-state index contributed by atoms with van der Waals surface area (Å²) < 4.78 is 11.4. The summed E-state index contributed by atoms with van der Waals surface area (Å²) >= 11 is 0. The Morgan fingerprint density at radius 1 is 1.00 bits per heavy atom. The Kier molecular flexibility index (Phi) is 7.22. The Morgan fingerprint density at radius 2 is 1.55 bits per heavy atom. The molecule has 0 radical (unpaired) electrons. The second kappa shape index (κ2) is 8.22. The van der Waals surface area contributed by atoms with E-state index in [1.54, 1.807) is 0 Å². The molecule has 5 heteroatoms. The lowest BCUT2D eigenvalue weighted by Crippen LogP contribution is -2.45. The smallest absolute Gasteiger partial charge is 0.192 e. The van der Waals surface area contributed by atoms with Gasteiger partial charge in [0, 0.05) is 0 Å². The average molecular weight is 327 g/mol. The van der Waals surface area contributed by atoms with Crippen LogP contribution in [0.15, 0.2) is 30.3 Å². The van der Waals surface area contributed by atoms with Crippen molar-refractivity contribution < 1.29 is 19.4 Å². The Balaban J connectivity index is 2.32. The van der Waals surface area contributed by atoms with Gasteiger partial charge in [0.15, 0.2) is 8.32 Å². The number of ether oxygens (including phenoxy) is 1. The standard InChI is InChI=1S/C17H30O4Si/c1-17(2,3)22(4,5)21-13-16(19)15(18)12-20-11-14-9-7-6-8-10-14/h6-10,15-16,18-19H,11-13H2,1-5H3/t15-,16+/m0/s1. The fourth-order valence-electron chi connectivity index (χ4n) is 1.60. The van der Waals surface area contributed by atoms with Gasteiger partial charge in [-0.1, -0.05) is 51.1 Å². The van der Waals surface area contributed by atoms with Gasteiger partial charge in [0.05, 0.1) is 19.8 Å². The summed E-state index contributed by atoms with van der Waals surface area (Å²) in [6.07, 6.45) is -1.86. The van der Waals surface area contributed by atoms with E-state index in [9.17, 15) is 10.2 Å². The molecule has 0 aromatic heterocycles. The number of aliphatic hydroxyl groups is 2. The van der Waals surface area contributed by atoms with Crippen LogP contribution >= 0.6 is 0 Å². The van der Waals surface area contributed by atoms with Crippen LogP contribution in [0, 0.1) is 0 Å². The van der Waals surface area contributed by atoms with E-state index in [-0.39, 0.29) is 18.3 Å². The van der Waals surface area contributed by atoms with Gasteiger partial charge in [-0.2, -0.15) is 0 Å². The van der Waals surface area contributed by atoms with E-state index in [4.69, 9.17) is 9.16 Å². The van der Waals surface area contributed by atoms with E-state index < -0.39 is 20.5 Å². The quantitative estimate of drug-likeness (QED) is 0.721. The van der Waals surface area contributed by atoms with Crippen molar-refractivity contribution in [3.8, 4) is 0 Å². The zero-order valence-corrected chi connectivity index (χ0v) is 15.4. The highest BCUT2D eigenvalue weighted by molar-refractivity contribution is 6.74. The second-order valence-electron chi connectivity index (χ2n) is 7.21. The molecule has 0 saturated carbocycles. The summed E-state index contributed by atoms with van der Waals surface area (Å²) in [6.45, 7) is 11.3. The molecule has 0 amide bonds. The van der Waals surface area contributed by atoms with Crippen LogP contribution in [0.1, 0.15) is 26.3 Å². The van der Waals surface area contributed by atoms with Gasteiger partial charge < -0.3 is 19.4 Å². The molecule has 126 valence electrons. The second-order valence-corrected chi connectivity index (χ2v) is 12.0. The van der Waals surface area contributed by atoms with Crippen LogP contribution in [-0.4, -0.2) is 44.0 Å². The molecule has 4 nitrogen and oxygen atoms in total. The SMILES string of the molecule is CC(C)(C)[Si](C)(C)OC[C@@H](O)[C@@H](O)COCc1ccccc1. The Morgan fingerprint density at radius 3 is 2.09 bits per heavy atom. The number of aliphatic hydroxyl groups excluding tert-OH is 2. The highest BCUT2D eigenvalue weighted by Crippen LogP contribution is 2.36. The normalized spacial score (nSPS) is 15.6. The van der Waals surface area contributed by atoms with Crippen LogP contribution in [0.4, 0.5) is 0 Å². The zero-order valence-electron chi connectivity index (χ0n) is 14.4. The molecular weight excluding hydrogens is 296 g/mol. The van der Waals surface area contributed by atoms with Crippen molar-refractivity contribution in [2.45, 2.75) is 57.7 Å². The molecular formula is C17H30O4Si. The Hall–Kier alpha value is -0.723. The predicted molar refractivity (Wildman–Crippen MR) is 91.3 cm³/mol. The highest BCUT2D eigenvalue weighted by Gasteiger charge is 2.37. The maximum absolute atomic E-state index is 10.0. The van der Waals surface area contributed by atoms with Crippen LogP contribution in [0.3, 0.4) is 0 Å². The van der Waals surface area contributed by atoms with E-state index >= 15 is 0 Å². The van der Waals surface area contributed by atoms with Gasteiger partial charge in [0.25, 0.3) is 0 Å². The monoisotopic (exact) mass is 326 g/mol. The fourth-order valence-corrected chi connectivity index (χ4v) is 2.62. The first-order valence-corrected chi connectivity index (χ1v) is 10.7. The van der Waals surface area contributed by atoms with Gasteiger partial charge in [0.1, 0.15) is 12.2 Å².